The number of nitrogens with zero attached hydrogens (tertiary/aromatic N) is 1. The Hall–Kier alpha value is -2.03. The zero-order valence-electron chi connectivity index (χ0n) is 32.2. The van der Waals surface area contributed by atoms with E-state index in [0.717, 1.165) is 34.8 Å². The van der Waals surface area contributed by atoms with Gasteiger partial charge in [-0.1, -0.05) is 122 Å². The Balaban J connectivity index is 0.000000502. The first kappa shape index (κ1) is 49.0. The summed E-state index contributed by atoms with van der Waals surface area (Å²) in [6.45, 7) is 25.6. The predicted molar refractivity (Wildman–Crippen MR) is 211 cm³/mol. The summed E-state index contributed by atoms with van der Waals surface area (Å²) < 4.78 is 49.1. The number of halogens is 4. The second-order valence-electron chi connectivity index (χ2n) is 14.2. The first-order valence-corrected chi connectivity index (χ1v) is 20.2. The molecule has 0 aromatic heterocycles. The van der Waals surface area contributed by atoms with Gasteiger partial charge in [0, 0.05) is 17.5 Å². The SMILES string of the molecule is CC(C)P(C(C)C)C(C)C.F[B-](F)(F)F.[C-]#[O+].[CH-]=C1C(NC2=CCCCC2)=[N+](C2CCCCC2)C1(c1ccccc1)c1ccccc1.[CH]1[CH][CH][CH][CH]1.[Ru+2]. The van der Waals surface area contributed by atoms with Gasteiger partial charge in [0.2, 0.25) is 0 Å². The predicted octanol–water partition coefficient (Wildman–Crippen LogP) is 12.1. The molecule has 0 atom stereocenters. The summed E-state index contributed by atoms with van der Waals surface area (Å²) in [5, 5.41) is 3.79. The molecule has 289 valence electrons. The maximum atomic E-state index is 9.75. The number of benzene rings is 2. The van der Waals surface area contributed by atoms with Gasteiger partial charge in [-0.2, -0.15) is 0 Å². The van der Waals surface area contributed by atoms with Crippen LogP contribution in [0.5, 0.6) is 0 Å². The van der Waals surface area contributed by atoms with E-state index in [0.29, 0.717) is 6.04 Å². The van der Waals surface area contributed by atoms with Crippen LogP contribution in [0.4, 0.5) is 17.3 Å². The van der Waals surface area contributed by atoms with Crippen LogP contribution in [0.25, 0.3) is 0 Å². The van der Waals surface area contributed by atoms with Crippen LogP contribution in [-0.2, 0) is 29.7 Å². The molecule has 3 nitrogen and oxygen atoms in total. The van der Waals surface area contributed by atoms with Crippen molar-refractivity contribution >= 4 is 21.0 Å². The van der Waals surface area contributed by atoms with E-state index in [-0.39, 0.29) is 32.9 Å². The molecular formula is C43H58BF4N2OPRu+. The topological polar surface area (TPSA) is 34.9 Å². The summed E-state index contributed by atoms with van der Waals surface area (Å²) in [5.74, 6) is 1.14. The molecule has 10 heteroatoms. The smallest absolute Gasteiger partial charge is 0.323 e. The van der Waals surface area contributed by atoms with E-state index in [9.17, 15) is 17.3 Å². The molecule has 2 aromatic carbocycles. The van der Waals surface area contributed by atoms with Crippen LogP contribution in [0.15, 0.2) is 78.0 Å². The maximum Gasteiger partial charge on any atom is 2.00 e. The van der Waals surface area contributed by atoms with Crippen molar-refractivity contribution in [3.8, 4) is 0 Å². The standard InChI is InChI=1S/C28H31N2.C9H21P.C5H5.CO.BF4.Ru/c1-22-27(29-25-18-10-4-11-19-25)30(26-20-12-5-13-21-26)28(22,23-14-6-2-7-15-23)24-16-8-3-9-17-24;1-7(2)10(8(3)4)9(5)6;1-2-4-5-3-1;1-2;2-1(3,4)5;/h1-3,6-9,14-18,26H,4-5,10-13,19-21H2;7-9H,1-6H3;1-5H;;;/q-1;;;;-1;+2/p+1. The van der Waals surface area contributed by atoms with Gasteiger partial charge >= 0.3 is 38.0 Å². The molecule has 1 N–H and O–H groups in total. The van der Waals surface area contributed by atoms with Crippen LogP contribution in [-0.4, -0.2) is 40.7 Å². The van der Waals surface area contributed by atoms with Gasteiger partial charge in [-0.25, -0.2) is 0 Å². The second kappa shape index (κ2) is 25.2. The zero-order chi connectivity index (χ0) is 38.7. The first-order valence-electron chi connectivity index (χ1n) is 18.7. The third kappa shape index (κ3) is 15.2. The number of allylic oxidation sites excluding steroid dienone is 2. The minimum atomic E-state index is -6.00. The molecule has 2 aromatic rings. The maximum absolute atomic E-state index is 9.75. The molecule has 0 amide bonds. The molecule has 0 unspecified atom stereocenters. The molecule has 5 radical (unpaired) electrons. The molecule has 4 aliphatic rings. The van der Waals surface area contributed by atoms with E-state index < -0.39 is 7.25 Å². The molecular weight excluding hydrogens is 779 g/mol. The minimum absolute atomic E-state index is 0. The number of nitrogens with one attached hydrogen (secondary N) is 1. The molecule has 2 fully saturated rings. The van der Waals surface area contributed by atoms with Gasteiger partial charge in [-0.15, -0.1) is 0 Å². The van der Waals surface area contributed by atoms with E-state index in [4.69, 9.17) is 11.2 Å². The van der Waals surface area contributed by atoms with Crippen molar-refractivity contribution in [3.05, 3.63) is 134 Å². The van der Waals surface area contributed by atoms with Crippen molar-refractivity contribution < 1.29 is 46.0 Å². The molecule has 2 saturated carbocycles. The van der Waals surface area contributed by atoms with Crippen LogP contribution in [0.1, 0.15) is 110 Å². The first-order chi connectivity index (χ1) is 24.8. The Morgan fingerprint density at radius 2 is 1.15 bits per heavy atom. The third-order valence-corrected chi connectivity index (χ3v) is 13.1. The third-order valence-electron chi connectivity index (χ3n) is 9.48. The van der Waals surface area contributed by atoms with Crippen LogP contribution >= 0.6 is 7.92 Å². The van der Waals surface area contributed by atoms with Crippen LogP contribution < -0.4 is 5.32 Å². The summed E-state index contributed by atoms with van der Waals surface area (Å²) in [6, 6.07) is 22.2. The van der Waals surface area contributed by atoms with Crippen molar-refractivity contribution in [1.82, 2.24) is 5.32 Å². The van der Waals surface area contributed by atoms with E-state index in [2.05, 4.69) is 125 Å². The number of hydrogen-bond donors (Lipinski definition) is 1. The average Bonchev–Trinajstić information content (AvgIpc) is 3.72. The fourth-order valence-corrected chi connectivity index (χ4v) is 11.4. The average molecular weight is 838 g/mol. The summed E-state index contributed by atoms with van der Waals surface area (Å²) >= 11 is 0. The van der Waals surface area contributed by atoms with Gasteiger partial charge < -0.3 is 27.2 Å². The van der Waals surface area contributed by atoms with Gasteiger partial charge in [-0.05, 0) is 100 Å². The number of rotatable bonds is 7. The van der Waals surface area contributed by atoms with E-state index in [1.165, 1.54) is 68.2 Å². The molecule has 6 rings (SSSR count). The van der Waals surface area contributed by atoms with Crippen molar-refractivity contribution in [2.45, 2.75) is 128 Å². The van der Waals surface area contributed by atoms with Crippen LogP contribution in [0.2, 0.25) is 0 Å². The van der Waals surface area contributed by atoms with Gasteiger partial charge in [0.25, 0.3) is 0 Å². The molecule has 0 saturated heterocycles. The van der Waals surface area contributed by atoms with E-state index in [1.54, 1.807) is 0 Å². The summed E-state index contributed by atoms with van der Waals surface area (Å²) in [4.78, 5) is 0. The summed E-state index contributed by atoms with van der Waals surface area (Å²) in [6.07, 6.45) is 23.6. The normalized spacial score (nSPS) is 18.1. The van der Waals surface area contributed by atoms with Crippen LogP contribution in [0, 0.1) is 45.3 Å². The Bertz CT molecular complexity index is 1330. The van der Waals surface area contributed by atoms with Crippen molar-refractivity contribution in [1.29, 1.82) is 0 Å². The van der Waals surface area contributed by atoms with E-state index in [1.807, 2.05) is 32.1 Å². The number of hydrogen-bond acceptors (Lipinski definition) is 1. The zero-order valence-corrected chi connectivity index (χ0v) is 34.9. The molecule has 3 aliphatic carbocycles. The van der Waals surface area contributed by atoms with Crippen LogP contribution in [0.3, 0.4) is 0 Å². The quantitative estimate of drug-likeness (QED) is 0.0740. The van der Waals surface area contributed by atoms with Gasteiger partial charge in [0.1, 0.15) is 11.4 Å². The Morgan fingerprint density at radius 1 is 0.736 bits per heavy atom. The largest absolute Gasteiger partial charge is 2.00 e. The Kier molecular flexibility index (Phi) is 23.3. The molecule has 0 spiro atoms. The summed E-state index contributed by atoms with van der Waals surface area (Å²) in [5.41, 5.74) is 7.14. The van der Waals surface area contributed by atoms with Crippen molar-refractivity contribution in [3.63, 3.8) is 0 Å². The van der Waals surface area contributed by atoms with Gasteiger partial charge in [-0.3, -0.25) is 6.58 Å². The van der Waals surface area contributed by atoms with Gasteiger partial charge in [0.05, 0.1) is 11.7 Å². The monoisotopic (exact) mass is 838 g/mol. The molecule has 0 bridgehead atoms. The van der Waals surface area contributed by atoms with Gasteiger partial charge in [0.15, 0.2) is 0 Å². The van der Waals surface area contributed by atoms with Crippen molar-refractivity contribution in [2.75, 3.05) is 0 Å². The summed E-state index contributed by atoms with van der Waals surface area (Å²) in [7, 11) is -5.74. The molecule has 1 heterocycles. The molecule has 1 aliphatic heterocycles. The molecule has 53 heavy (non-hydrogen) atoms. The second-order valence-corrected chi connectivity index (χ2v) is 18.1. The van der Waals surface area contributed by atoms with Crippen molar-refractivity contribution in [2.24, 2.45) is 0 Å². The van der Waals surface area contributed by atoms with E-state index >= 15 is 0 Å². The Labute approximate surface area is 333 Å². The fraction of sp³-hybridized carbons (Fsp3) is 0.465. The minimum Gasteiger partial charge on any atom is -0.323 e. The number of amidine groups is 1. The Morgan fingerprint density at radius 3 is 1.49 bits per heavy atom. The fourth-order valence-electron chi connectivity index (χ4n) is 7.80.